The van der Waals surface area contributed by atoms with Crippen LogP contribution in [0, 0.1) is 6.92 Å². The van der Waals surface area contributed by atoms with Crippen LogP contribution in [-0.2, 0) is 0 Å². The number of rotatable bonds is 0. The third kappa shape index (κ3) is 0.708. The Balaban J connectivity index is 2.95. The minimum Gasteiger partial charge on any atom is -0.138 e. The molecule has 2 rings (SSSR count). The second-order valence-corrected chi connectivity index (χ2v) is 2.82. The summed E-state index contributed by atoms with van der Waals surface area (Å²) in [5.41, 5.74) is 1.87. The number of aromatic nitrogens is 2. The molecule has 0 N–H and O–H groups in total. The summed E-state index contributed by atoms with van der Waals surface area (Å²) >= 11 is 1.40. The van der Waals surface area contributed by atoms with Crippen LogP contribution in [0.15, 0.2) is 18.2 Å². The molecule has 0 aliphatic rings. The molecule has 1 aromatic carbocycles. The molecule has 1 radical (unpaired) electrons. The molecular weight excluding hydrogens is 144 g/mol. The van der Waals surface area contributed by atoms with Gasteiger partial charge in [0, 0.05) is 0 Å². The Bertz CT molecular complexity index is 353. The molecule has 3 heteroatoms. The van der Waals surface area contributed by atoms with E-state index < -0.39 is 0 Å². The maximum atomic E-state index is 3.92. The third-order valence-corrected chi connectivity index (χ3v) is 2.05. The Hall–Kier alpha value is -0.960. The highest BCUT2D eigenvalue weighted by Gasteiger charge is 1.98. The largest absolute Gasteiger partial charge is 0.138 e. The fraction of sp³-hybridized carbons (Fsp3) is 0. The Labute approximate surface area is 62.7 Å². The molecule has 0 spiro atoms. The summed E-state index contributed by atoms with van der Waals surface area (Å²) in [4.78, 5) is 0. The quantitative estimate of drug-likeness (QED) is 0.571. The molecule has 0 unspecified atom stereocenters. The molecule has 0 saturated heterocycles. The molecule has 0 bridgehead atoms. The van der Waals surface area contributed by atoms with Crippen LogP contribution in [0.2, 0.25) is 0 Å². The van der Waals surface area contributed by atoms with Crippen molar-refractivity contribution in [1.82, 2.24) is 9.59 Å². The maximum absolute atomic E-state index is 3.92. The summed E-state index contributed by atoms with van der Waals surface area (Å²) in [6.45, 7) is 3.83. The minimum atomic E-state index is 0.924. The van der Waals surface area contributed by atoms with Gasteiger partial charge in [-0.15, -0.1) is 5.10 Å². The van der Waals surface area contributed by atoms with Gasteiger partial charge in [-0.3, -0.25) is 0 Å². The Morgan fingerprint density at radius 1 is 1.40 bits per heavy atom. The molecular formula is C7H5N2S. The number of fused-ring (bicyclic) bond motifs is 1. The van der Waals surface area contributed by atoms with Gasteiger partial charge < -0.3 is 0 Å². The molecule has 10 heavy (non-hydrogen) atoms. The number of hydrogen-bond acceptors (Lipinski definition) is 3. The van der Waals surface area contributed by atoms with E-state index in [4.69, 9.17) is 0 Å². The smallest absolute Gasteiger partial charge is 0.109 e. The van der Waals surface area contributed by atoms with E-state index in [0.29, 0.717) is 0 Å². The van der Waals surface area contributed by atoms with Gasteiger partial charge in [-0.05, 0) is 30.1 Å². The molecule has 49 valence electrons. The van der Waals surface area contributed by atoms with Crippen molar-refractivity contribution in [3.05, 3.63) is 30.7 Å². The second-order valence-electron chi connectivity index (χ2n) is 2.04. The van der Waals surface area contributed by atoms with E-state index in [1.54, 1.807) is 0 Å². The Morgan fingerprint density at radius 3 is 3.10 bits per heavy atom. The van der Waals surface area contributed by atoms with E-state index in [1.807, 2.05) is 18.2 Å². The normalized spacial score (nSPS) is 10.5. The van der Waals surface area contributed by atoms with Crippen LogP contribution < -0.4 is 0 Å². The summed E-state index contributed by atoms with van der Waals surface area (Å²) in [5.74, 6) is 0. The van der Waals surface area contributed by atoms with Crippen LogP contribution in [0.4, 0.5) is 0 Å². The molecule has 0 saturated carbocycles. The van der Waals surface area contributed by atoms with Crippen LogP contribution in [0.5, 0.6) is 0 Å². The topological polar surface area (TPSA) is 25.8 Å². The van der Waals surface area contributed by atoms with Crippen molar-refractivity contribution in [1.29, 1.82) is 0 Å². The first-order chi connectivity index (χ1) is 4.88. The van der Waals surface area contributed by atoms with Gasteiger partial charge in [-0.1, -0.05) is 16.6 Å². The van der Waals surface area contributed by atoms with E-state index in [-0.39, 0.29) is 0 Å². The van der Waals surface area contributed by atoms with Crippen LogP contribution in [0.25, 0.3) is 10.2 Å². The van der Waals surface area contributed by atoms with Gasteiger partial charge in [-0.2, -0.15) is 0 Å². The monoisotopic (exact) mass is 149 g/mol. The molecule has 0 aliphatic carbocycles. The predicted molar refractivity (Wildman–Crippen MR) is 41.9 cm³/mol. The summed E-state index contributed by atoms with van der Waals surface area (Å²) < 4.78 is 4.92. The summed E-state index contributed by atoms with van der Waals surface area (Å²) in [7, 11) is 0. The van der Waals surface area contributed by atoms with Gasteiger partial charge in [0.05, 0.1) is 4.70 Å². The lowest BCUT2D eigenvalue weighted by Gasteiger charge is -1.88. The highest BCUT2D eigenvalue weighted by atomic mass is 32.1. The summed E-state index contributed by atoms with van der Waals surface area (Å²) in [6, 6.07) is 5.89. The van der Waals surface area contributed by atoms with Crippen molar-refractivity contribution in [2.24, 2.45) is 0 Å². The van der Waals surface area contributed by atoms with Gasteiger partial charge in [0.15, 0.2) is 0 Å². The van der Waals surface area contributed by atoms with Crippen molar-refractivity contribution in [3.63, 3.8) is 0 Å². The molecule has 0 amide bonds. The molecule has 0 fully saturated rings. The van der Waals surface area contributed by atoms with Crippen LogP contribution >= 0.6 is 11.5 Å². The summed E-state index contributed by atoms with van der Waals surface area (Å²) in [5, 5.41) is 3.92. The Morgan fingerprint density at radius 2 is 2.30 bits per heavy atom. The lowest BCUT2D eigenvalue weighted by molar-refractivity contribution is 1.19. The second kappa shape index (κ2) is 2.02. The van der Waals surface area contributed by atoms with Crippen LogP contribution in [0.3, 0.4) is 0 Å². The van der Waals surface area contributed by atoms with Gasteiger partial charge >= 0.3 is 0 Å². The van der Waals surface area contributed by atoms with E-state index in [1.165, 1.54) is 11.5 Å². The minimum absolute atomic E-state index is 0.924. The van der Waals surface area contributed by atoms with E-state index in [9.17, 15) is 0 Å². The average Bonchev–Trinajstić information content (AvgIpc) is 2.36. The van der Waals surface area contributed by atoms with E-state index >= 15 is 0 Å². The molecule has 1 aromatic heterocycles. The summed E-state index contributed by atoms with van der Waals surface area (Å²) in [6.07, 6.45) is 0. The molecule has 0 atom stereocenters. The predicted octanol–water partition coefficient (Wildman–Crippen LogP) is 1.87. The highest BCUT2D eigenvalue weighted by molar-refractivity contribution is 7.12. The lowest BCUT2D eigenvalue weighted by Crippen LogP contribution is -1.73. The molecule has 2 nitrogen and oxygen atoms in total. The van der Waals surface area contributed by atoms with Crippen molar-refractivity contribution in [2.75, 3.05) is 0 Å². The zero-order chi connectivity index (χ0) is 6.97. The van der Waals surface area contributed by atoms with Crippen molar-refractivity contribution < 1.29 is 0 Å². The fourth-order valence-corrected chi connectivity index (χ4v) is 1.47. The average molecular weight is 149 g/mol. The van der Waals surface area contributed by atoms with E-state index in [0.717, 1.165) is 15.8 Å². The van der Waals surface area contributed by atoms with Crippen molar-refractivity contribution >= 4 is 21.7 Å². The fourth-order valence-electron chi connectivity index (χ4n) is 0.860. The maximum Gasteiger partial charge on any atom is 0.109 e. The van der Waals surface area contributed by atoms with Gasteiger partial charge in [-0.25, -0.2) is 0 Å². The molecule has 1 heterocycles. The van der Waals surface area contributed by atoms with Crippen LogP contribution in [-0.4, -0.2) is 9.59 Å². The number of hydrogen-bond donors (Lipinski definition) is 0. The zero-order valence-electron chi connectivity index (χ0n) is 5.24. The zero-order valence-corrected chi connectivity index (χ0v) is 6.06. The van der Waals surface area contributed by atoms with Gasteiger partial charge in [0.1, 0.15) is 5.52 Å². The first-order valence-electron chi connectivity index (χ1n) is 2.91. The standard InChI is InChI=1S/C7H5N2S/c1-5-3-2-4-6-7(5)8-9-10-6/h2-4H,1H2. The first-order valence-corrected chi connectivity index (χ1v) is 3.68. The van der Waals surface area contributed by atoms with Crippen molar-refractivity contribution in [2.45, 2.75) is 0 Å². The lowest BCUT2D eigenvalue weighted by atomic mass is 10.2. The molecule has 0 aliphatic heterocycles. The van der Waals surface area contributed by atoms with Gasteiger partial charge in [0.25, 0.3) is 0 Å². The number of nitrogens with zero attached hydrogens (tertiary/aromatic N) is 2. The van der Waals surface area contributed by atoms with Crippen molar-refractivity contribution in [3.8, 4) is 0 Å². The first kappa shape index (κ1) is 5.80. The van der Waals surface area contributed by atoms with Crippen LogP contribution in [0.1, 0.15) is 5.56 Å². The highest BCUT2D eigenvalue weighted by Crippen LogP contribution is 2.17. The SMILES string of the molecule is [CH2]c1cccc2snnc12. The van der Waals surface area contributed by atoms with E-state index in [2.05, 4.69) is 16.5 Å². The Kier molecular flexibility index (Phi) is 1.17. The van der Waals surface area contributed by atoms with Gasteiger partial charge in [0.2, 0.25) is 0 Å². The number of benzene rings is 1. The third-order valence-electron chi connectivity index (χ3n) is 1.36. The molecule has 2 aromatic rings.